The molecule has 6 heteroatoms. The second-order valence-electron chi connectivity index (χ2n) is 9.11. The summed E-state index contributed by atoms with van der Waals surface area (Å²) in [6.07, 6.45) is 1.06. The van der Waals surface area contributed by atoms with Crippen LogP contribution in [0.15, 0.2) is 78.9 Å². The Morgan fingerprint density at radius 2 is 1.43 bits per heavy atom. The van der Waals surface area contributed by atoms with Gasteiger partial charge in [0.1, 0.15) is 0 Å². The minimum absolute atomic E-state index is 0.0304. The second kappa shape index (κ2) is 8.96. The van der Waals surface area contributed by atoms with E-state index in [-0.39, 0.29) is 11.7 Å². The lowest BCUT2D eigenvalue weighted by Crippen LogP contribution is -2.47. The van der Waals surface area contributed by atoms with Crippen molar-refractivity contribution in [1.82, 2.24) is 14.9 Å². The normalized spacial score (nSPS) is 15.2. The molecule has 174 valence electrons. The molecule has 1 aromatic heterocycles. The van der Waals surface area contributed by atoms with Gasteiger partial charge in [-0.1, -0.05) is 72.8 Å². The number of hydrogen-bond donors (Lipinski definition) is 1. The Morgan fingerprint density at radius 3 is 2.17 bits per heavy atom. The number of nitrogen functional groups attached to an aromatic ring is 1. The van der Waals surface area contributed by atoms with Crippen LogP contribution < -0.4 is 10.6 Å². The number of piperazine rings is 1. The molecule has 0 bridgehead atoms. The molecule has 0 amide bonds. The molecule has 2 N–H and O–H groups in total. The van der Waals surface area contributed by atoms with E-state index in [4.69, 9.17) is 5.73 Å². The molecule has 1 aliphatic carbocycles. The van der Waals surface area contributed by atoms with Gasteiger partial charge < -0.3 is 10.6 Å². The van der Waals surface area contributed by atoms with E-state index >= 15 is 0 Å². The number of carbonyl (C=O) groups is 1. The van der Waals surface area contributed by atoms with E-state index in [9.17, 15) is 4.79 Å². The van der Waals surface area contributed by atoms with Crippen molar-refractivity contribution < 1.29 is 4.79 Å². The van der Waals surface area contributed by atoms with Crippen molar-refractivity contribution >= 4 is 17.4 Å². The van der Waals surface area contributed by atoms with E-state index < -0.39 is 0 Å². The number of aromatic nitrogens is 2. The van der Waals surface area contributed by atoms with Crippen LogP contribution in [0, 0.1) is 0 Å². The number of carbonyl (C=O) groups excluding carboxylic acids is 1. The molecule has 6 nitrogen and oxygen atoms in total. The van der Waals surface area contributed by atoms with Crippen LogP contribution in [0.4, 0.5) is 11.6 Å². The maximum atomic E-state index is 13.6. The summed E-state index contributed by atoms with van der Waals surface area (Å²) >= 11 is 0. The molecule has 2 heterocycles. The molecule has 35 heavy (non-hydrogen) atoms. The summed E-state index contributed by atoms with van der Waals surface area (Å²) in [5.74, 6) is 0.154. The lowest BCUT2D eigenvalue weighted by Gasteiger charge is -2.37. The lowest BCUT2D eigenvalue weighted by atomic mass is 10.0. The van der Waals surface area contributed by atoms with Gasteiger partial charge in [0.2, 0.25) is 5.95 Å². The molecule has 0 atom stereocenters. The standard InChI is InChI=1S/C29H27N5O/c30-29-31-26(21-10-5-2-6-11-21)25-27(32-29)24-22(28(25)35)12-7-13-23(24)34-18-16-33(17-19-34)15-14-20-8-3-1-4-9-20/h1-13H,14-19H2,(H2,30,31,32). The van der Waals surface area contributed by atoms with Crippen molar-refractivity contribution in [2.75, 3.05) is 43.4 Å². The van der Waals surface area contributed by atoms with Crippen molar-refractivity contribution in [1.29, 1.82) is 0 Å². The Balaban J connectivity index is 1.29. The van der Waals surface area contributed by atoms with Crippen molar-refractivity contribution in [3.8, 4) is 22.5 Å². The van der Waals surface area contributed by atoms with E-state index in [2.05, 4.69) is 56.2 Å². The van der Waals surface area contributed by atoms with E-state index in [0.29, 0.717) is 22.5 Å². The summed E-state index contributed by atoms with van der Waals surface area (Å²) in [4.78, 5) is 27.5. The highest BCUT2D eigenvalue weighted by Crippen LogP contribution is 2.45. The molecular weight excluding hydrogens is 434 g/mol. The van der Waals surface area contributed by atoms with Crippen molar-refractivity contribution in [3.05, 3.63) is 95.6 Å². The first kappa shape index (κ1) is 21.5. The van der Waals surface area contributed by atoms with Crippen LogP contribution in [-0.4, -0.2) is 53.4 Å². The second-order valence-corrected chi connectivity index (χ2v) is 9.11. The van der Waals surface area contributed by atoms with Gasteiger partial charge in [0.15, 0.2) is 5.78 Å². The molecule has 1 saturated heterocycles. The summed E-state index contributed by atoms with van der Waals surface area (Å²) in [6.45, 7) is 4.83. The molecule has 2 aliphatic rings. The van der Waals surface area contributed by atoms with Crippen LogP contribution in [0.2, 0.25) is 0 Å². The fourth-order valence-electron chi connectivity index (χ4n) is 5.20. The smallest absolute Gasteiger partial charge is 0.221 e. The Bertz CT molecular complexity index is 1380. The minimum Gasteiger partial charge on any atom is -0.368 e. The number of nitrogens with two attached hydrogens (primary N) is 1. The van der Waals surface area contributed by atoms with Gasteiger partial charge in [0.05, 0.1) is 17.0 Å². The van der Waals surface area contributed by atoms with E-state index in [1.165, 1.54) is 5.56 Å². The first-order valence-corrected chi connectivity index (χ1v) is 12.1. The largest absolute Gasteiger partial charge is 0.368 e. The number of hydrogen-bond acceptors (Lipinski definition) is 6. The maximum absolute atomic E-state index is 13.6. The average molecular weight is 462 g/mol. The highest BCUT2D eigenvalue weighted by molar-refractivity contribution is 6.25. The van der Waals surface area contributed by atoms with Crippen LogP contribution in [0.3, 0.4) is 0 Å². The Morgan fingerprint density at radius 1 is 0.743 bits per heavy atom. The molecule has 0 unspecified atom stereocenters. The fourth-order valence-corrected chi connectivity index (χ4v) is 5.20. The topological polar surface area (TPSA) is 75.3 Å². The molecule has 3 aromatic carbocycles. The predicted octanol–water partition coefficient (Wildman–Crippen LogP) is 4.30. The van der Waals surface area contributed by atoms with Crippen molar-refractivity contribution in [3.63, 3.8) is 0 Å². The molecule has 4 aromatic rings. The summed E-state index contributed by atoms with van der Waals surface area (Å²) < 4.78 is 0. The molecule has 6 rings (SSSR count). The predicted molar refractivity (Wildman–Crippen MR) is 140 cm³/mol. The van der Waals surface area contributed by atoms with E-state index in [1.807, 2.05) is 42.5 Å². The van der Waals surface area contributed by atoms with Gasteiger partial charge in [-0.05, 0) is 18.1 Å². The Hall–Kier alpha value is -4.03. The summed E-state index contributed by atoms with van der Waals surface area (Å²) in [5, 5.41) is 0. The van der Waals surface area contributed by atoms with E-state index in [1.54, 1.807) is 0 Å². The molecule has 1 aliphatic heterocycles. The minimum atomic E-state index is -0.0304. The summed E-state index contributed by atoms with van der Waals surface area (Å²) in [7, 11) is 0. The molecule has 0 spiro atoms. The van der Waals surface area contributed by atoms with Gasteiger partial charge >= 0.3 is 0 Å². The Labute approximate surface area is 205 Å². The average Bonchev–Trinajstić information content (AvgIpc) is 3.20. The third-order valence-corrected chi connectivity index (χ3v) is 7.00. The highest BCUT2D eigenvalue weighted by atomic mass is 16.1. The number of nitrogens with zero attached hydrogens (tertiary/aromatic N) is 4. The highest BCUT2D eigenvalue weighted by Gasteiger charge is 2.35. The molecule has 1 fully saturated rings. The third kappa shape index (κ3) is 3.96. The van der Waals surface area contributed by atoms with Crippen molar-refractivity contribution in [2.24, 2.45) is 0 Å². The fraction of sp³-hybridized carbons (Fsp3) is 0.207. The van der Waals surface area contributed by atoms with Gasteiger partial charge in [-0.2, -0.15) is 0 Å². The first-order valence-electron chi connectivity index (χ1n) is 12.1. The molecular formula is C29H27N5O. The van der Waals surface area contributed by atoms with Crippen LogP contribution in [-0.2, 0) is 6.42 Å². The number of rotatable bonds is 5. The van der Waals surface area contributed by atoms with Gasteiger partial charge in [-0.15, -0.1) is 0 Å². The summed E-state index contributed by atoms with van der Waals surface area (Å²) in [5.41, 5.74) is 12.8. The van der Waals surface area contributed by atoms with Gasteiger partial charge in [-0.25, -0.2) is 9.97 Å². The number of benzene rings is 3. The Kier molecular flexibility index (Phi) is 5.51. The van der Waals surface area contributed by atoms with Gasteiger partial charge in [0.25, 0.3) is 0 Å². The van der Waals surface area contributed by atoms with Crippen LogP contribution in [0.5, 0.6) is 0 Å². The van der Waals surface area contributed by atoms with Crippen LogP contribution >= 0.6 is 0 Å². The quantitative estimate of drug-likeness (QED) is 0.421. The number of anilines is 2. The zero-order valence-electron chi connectivity index (χ0n) is 19.5. The third-order valence-electron chi connectivity index (χ3n) is 7.00. The lowest BCUT2D eigenvalue weighted by molar-refractivity contribution is 0.104. The van der Waals surface area contributed by atoms with Crippen molar-refractivity contribution in [2.45, 2.75) is 6.42 Å². The number of ketones is 1. The zero-order valence-corrected chi connectivity index (χ0v) is 19.5. The van der Waals surface area contributed by atoms with E-state index in [0.717, 1.165) is 56.0 Å². The number of fused-ring (bicyclic) bond motifs is 3. The van der Waals surface area contributed by atoms with Gasteiger partial charge in [-0.3, -0.25) is 9.69 Å². The van der Waals surface area contributed by atoms with Crippen LogP contribution in [0.1, 0.15) is 21.5 Å². The SMILES string of the molecule is Nc1nc(-c2ccccc2)c2c(n1)-c1c(cccc1N1CCN(CCc3ccccc3)CC1)C2=O. The zero-order chi connectivity index (χ0) is 23.8. The molecule has 0 saturated carbocycles. The van der Waals surface area contributed by atoms with Crippen LogP contribution in [0.25, 0.3) is 22.5 Å². The molecule has 0 radical (unpaired) electrons. The summed E-state index contributed by atoms with van der Waals surface area (Å²) in [6, 6.07) is 26.3. The first-order chi connectivity index (χ1) is 17.2. The van der Waals surface area contributed by atoms with Gasteiger partial charge in [0, 0.05) is 55.1 Å². The maximum Gasteiger partial charge on any atom is 0.221 e. The monoisotopic (exact) mass is 461 g/mol.